The second-order valence-electron chi connectivity index (χ2n) is 6.01. The van der Waals surface area contributed by atoms with E-state index in [4.69, 9.17) is 0 Å². The normalized spacial score (nSPS) is 25.2. The van der Waals surface area contributed by atoms with Gasteiger partial charge >= 0.3 is 0 Å². The number of carbonyl (C=O) groups is 2. The molecule has 112 valence electrons. The lowest BCUT2D eigenvalue weighted by molar-refractivity contribution is -0.125. The summed E-state index contributed by atoms with van der Waals surface area (Å²) in [6.45, 7) is 3.39. The van der Waals surface area contributed by atoms with Crippen molar-refractivity contribution in [1.82, 2.24) is 10.2 Å². The van der Waals surface area contributed by atoms with E-state index >= 15 is 0 Å². The molecule has 0 aliphatic carbocycles. The highest BCUT2D eigenvalue weighted by molar-refractivity contribution is 7.80. The fraction of sp³-hybridized carbons (Fsp3) is 0.500. The van der Waals surface area contributed by atoms with Crippen molar-refractivity contribution in [2.24, 2.45) is 5.92 Å². The first kappa shape index (κ1) is 14.4. The standard InChI is InChI=1S/C16H20N2O2S/c1-10-2-4-12(21)8-13(10)16(20)18-7-6-14-11(9-18)3-5-15(19)17-14/h2,4,8,11,14,21H,3,5-7,9H2,1H3,(H,17,19). The zero-order valence-corrected chi connectivity index (χ0v) is 13.0. The first-order chi connectivity index (χ1) is 10.0. The molecule has 0 saturated carbocycles. The van der Waals surface area contributed by atoms with Crippen molar-refractivity contribution >= 4 is 24.4 Å². The molecule has 2 aliphatic rings. The maximum atomic E-state index is 12.7. The van der Waals surface area contributed by atoms with Crippen molar-refractivity contribution in [3.05, 3.63) is 29.3 Å². The van der Waals surface area contributed by atoms with Gasteiger partial charge in [0.1, 0.15) is 0 Å². The Morgan fingerprint density at radius 1 is 1.38 bits per heavy atom. The Bertz CT molecular complexity index is 588. The molecule has 1 aromatic rings. The Morgan fingerprint density at radius 2 is 2.19 bits per heavy atom. The van der Waals surface area contributed by atoms with E-state index in [2.05, 4.69) is 17.9 Å². The summed E-state index contributed by atoms with van der Waals surface area (Å²) in [7, 11) is 0. The van der Waals surface area contributed by atoms with Gasteiger partial charge in [0, 0.05) is 36.0 Å². The molecule has 0 bridgehead atoms. The summed E-state index contributed by atoms with van der Waals surface area (Å²) >= 11 is 4.33. The van der Waals surface area contributed by atoms with Crippen LogP contribution in [0.4, 0.5) is 0 Å². The largest absolute Gasteiger partial charge is 0.353 e. The molecule has 4 nitrogen and oxygen atoms in total. The molecule has 1 N–H and O–H groups in total. The maximum Gasteiger partial charge on any atom is 0.254 e. The SMILES string of the molecule is Cc1ccc(S)cc1C(=O)N1CCC2NC(=O)CCC2C1. The molecule has 3 rings (SSSR count). The first-order valence-electron chi connectivity index (χ1n) is 7.43. The van der Waals surface area contributed by atoms with E-state index < -0.39 is 0 Å². The fourth-order valence-electron chi connectivity index (χ4n) is 3.31. The van der Waals surface area contributed by atoms with Gasteiger partial charge in [-0.2, -0.15) is 0 Å². The molecule has 2 heterocycles. The highest BCUT2D eigenvalue weighted by Gasteiger charge is 2.35. The van der Waals surface area contributed by atoms with E-state index in [-0.39, 0.29) is 17.9 Å². The van der Waals surface area contributed by atoms with Crippen LogP contribution in [0.1, 0.15) is 35.2 Å². The Kier molecular flexibility index (Phi) is 3.93. The highest BCUT2D eigenvalue weighted by Crippen LogP contribution is 2.27. The van der Waals surface area contributed by atoms with Crippen molar-refractivity contribution in [1.29, 1.82) is 0 Å². The lowest BCUT2D eigenvalue weighted by Gasteiger charge is -2.41. The van der Waals surface area contributed by atoms with Crippen molar-refractivity contribution in [3.63, 3.8) is 0 Å². The van der Waals surface area contributed by atoms with Gasteiger partial charge in [-0.05, 0) is 43.4 Å². The van der Waals surface area contributed by atoms with Gasteiger partial charge < -0.3 is 10.2 Å². The van der Waals surface area contributed by atoms with Gasteiger partial charge in [0.2, 0.25) is 5.91 Å². The average molecular weight is 304 g/mol. The second kappa shape index (κ2) is 5.72. The molecular formula is C16H20N2O2S. The lowest BCUT2D eigenvalue weighted by Crippen LogP contribution is -2.55. The third-order valence-electron chi connectivity index (χ3n) is 4.56. The Hall–Kier alpha value is -1.49. The van der Waals surface area contributed by atoms with Crippen LogP contribution < -0.4 is 5.32 Å². The minimum Gasteiger partial charge on any atom is -0.353 e. The number of aryl methyl sites for hydroxylation is 1. The molecule has 0 aromatic heterocycles. The summed E-state index contributed by atoms with van der Waals surface area (Å²) in [5, 5.41) is 3.05. The molecule has 2 unspecified atom stereocenters. The van der Waals surface area contributed by atoms with E-state index in [0.717, 1.165) is 35.4 Å². The number of benzene rings is 1. The van der Waals surface area contributed by atoms with Crippen molar-refractivity contribution in [3.8, 4) is 0 Å². The molecule has 2 saturated heterocycles. The third kappa shape index (κ3) is 2.93. The van der Waals surface area contributed by atoms with E-state index in [1.54, 1.807) is 0 Å². The lowest BCUT2D eigenvalue weighted by atomic mass is 9.85. The van der Waals surface area contributed by atoms with Crippen LogP contribution in [0.5, 0.6) is 0 Å². The molecule has 5 heteroatoms. The van der Waals surface area contributed by atoms with Gasteiger partial charge in [-0.15, -0.1) is 12.6 Å². The van der Waals surface area contributed by atoms with Gasteiger partial charge in [-0.25, -0.2) is 0 Å². The number of likely N-dealkylation sites (tertiary alicyclic amines) is 1. The summed E-state index contributed by atoms with van der Waals surface area (Å²) in [5.41, 5.74) is 1.72. The van der Waals surface area contributed by atoms with Crippen LogP contribution in [0.25, 0.3) is 0 Å². The minimum atomic E-state index is 0.0822. The molecule has 21 heavy (non-hydrogen) atoms. The fourth-order valence-corrected chi connectivity index (χ4v) is 3.51. The highest BCUT2D eigenvalue weighted by atomic mass is 32.1. The van der Waals surface area contributed by atoms with Gasteiger partial charge in [0.25, 0.3) is 5.91 Å². The Balaban J connectivity index is 1.74. The summed E-state index contributed by atoms with van der Waals surface area (Å²) in [6.07, 6.45) is 2.31. The van der Waals surface area contributed by atoms with Crippen LogP contribution in [0.15, 0.2) is 23.1 Å². The number of thiol groups is 1. The van der Waals surface area contributed by atoms with Crippen molar-refractivity contribution in [2.45, 2.75) is 37.1 Å². The number of hydrogen-bond acceptors (Lipinski definition) is 3. The number of carbonyl (C=O) groups excluding carboxylic acids is 2. The quantitative estimate of drug-likeness (QED) is 0.780. The smallest absolute Gasteiger partial charge is 0.254 e. The van der Waals surface area contributed by atoms with E-state index in [1.165, 1.54) is 0 Å². The molecule has 0 radical (unpaired) electrons. The van der Waals surface area contributed by atoms with Gasteiger partial charge in [-0.3, -0.25) is 9.59 Å². The van der Waals surface area contributed by atoms with Gasteiger partial charge in [0.15, 0.2) is 0 Å². The number of amides is 2. The van der Waals surface area contributed by atoms with E-state index in [0.29, 0.717) is 18.9 Å². The molecule has 2 atom stereocenters. The van der Waals surface area contributed by atoms with Crippen LogP contribution in [-0.4, -0.2) is 35.8 Å². The summed E-state index contributed by atoms with van der Waals surface area (Å²) in [4.78, 5) is 26.9. The summed E-state index contributed by atoms with van der Waals surface area (Å²) < 4.78 is 0. The van der Waals surface area contributed by atoms with Crippen LogP contribution in [0.3, 0.4) is 0 Å². The number of piperidine rings is 2. The monoisotopic (exact) mass is 304 g/mol. The molecular weight excluding hydrogens is 284 g/mol. The minimum absolute atomic E-state index is 0.0822. The number of nitrogens with one attached hydrogen (secondary N) is 1. The van der Waals surface area contributed by atoms with Crippen LogP contribution in [0.2, 0.25) is 0 Å². The number of hydrogen-bond donors (Lipinski definition) is 2. The Labute approximate surface area is 130 Å². The molecule has 0 spiro atoms. The van der Waals surface area contributed by atoms with Crippen molar-refractivity contribution < 1.29 is 9.59 Å². The molecule has 2 amide bonds. The van der Waals surface area contributed by atoms with Crippen LogP contribution >= 0.6 is 12.6 Å². The summed E-state index contributed by atoms with van der Waals surface area (Å²) in [5.74, 6) is 0.619. The second-order valence-corrected chi connectivity index (χ2v) is 6.53. The molecule has 2 aliphatic heterocycles. The van der Waals surface area contributed by atoms with Crippen molar-refractivity contribution in [2.75, 3.05) is 13.1 Å². The van der Waals surface area contributed by atoms with E-state index in [9.17, 15) is 9.59 Å². The predicted molar refractivity (Wildman–Crippen MR) is 83.6 cm³/mol. The first-order valence-corrected chi connectivity index (χ1v) is 7.87. The Morgan fingerprint density at radius 3 is 3.00 bits per heavy atom. The number of fused-ring (bicyclic) bond motifs is 1. The van der Waals surface area contributed by atoms with Crippen LogP contribution in [0, 0.1) is 12.8 Å². The summed E-state index contributed by atoms with van der Waals surface area (Å²) in [6, 6.07) is 5.92. The third-order valence-corrected chi connectivity index (χ3v) is 4.84. The zero-order chi connectivity index (χ0) is 15.0. The number of rotatable bonds is 1. The van der Waals surface area contributed by atoms with Gasteiger partial charge in [-0.1, -0.05) is 6.07 Å². The molecule has 1 aromatic carbocycles. The van der Waals surface area contributed by atoms with Crippen LogP contribution in [-0.2, 0) is 4.79 Å². The maximum absolute atomic E-state index is 12.7. The van der Waals surface area contributed by atoms with E-state index in [1.807, 2.05) is 30.0 Å². The average Bonchev–Trinajstić information content (AvgIpc) is 2.48. The zero-order valence-electron chi connectivity index (χ0n) is 12.1. The molecule has 2 fully saturated rings. The predicted octanol–water partition coefficient (Wildman–Crippen LogP) is 2.02. The van der Waals surface area contributed by atoms with Gasteiger partial charge in [0.05, 0.1) is 0 Å². The topological polar surface area (TPSA) is 49.4 Å². The number of nitrogens with zero attached hydrogens (tertiary/aromatic N) is 1.